The van der Waals surface area contributed by atoms with Gasteiger partial charge in [-0.2, -0.15) is 0 Å². The van der Waals surface area contributed by atoms with Gasteiger partial charge in [0.25, 0.3) is 5.56 Å². The molecule has 8 nitrogen and oxygen atoms in total. The molecule has 9 heteroatoms. The molecule has 0 N–H and O–H groups in total. The molecule has 0 spiro atoms. The molecule has 3 rings (SSSR count). The van der Waals surface area contributed by atoms with E-state index in [1.54, 1.807) is 11.6 Å². The van der Waals surface area contributed by atoms with Crippen molar-refractivity contribution in [2.75, 3.05) is 7.11 Å². The summed E-state index contributed by atoms with van der Waals surface area (Å²) in [6, 6.07) is 1.62. The van der Waals surface area contributed by atoms with Crippen molar-refractivity contribution in [3.8, 4) is 0 Å². The molecule has 0 aliphatic carbocycles. The summed E-state index contributed by atoms with van der Waals surface area (Å²) in [6.07, 6.45) is 0.513. The highest BCUT2D eigenvalue weighted by atomic mass is 32.1. The van der Waals surface area contributed by atoms with Crippen LogP contribution in [0, 0.1) is 0 Å². The lowest BCUT2D eigenvalue weighted by Crippen LogP contribution is -2.30. The van der Waals surface area contributed by atoms with Crippen LogP contribution < -0.4 is 5.56 Å². The van der Waals surface area contributed by atoms with Crippen LogP contribution in [0.1, 0.15) is 10.6 Å². The van der Waals surface area contributed by atoms with Crippen LogP contribution in [0.5, 0.6) is 0 Å². The fourth-order valence-electron chi connectivity index (χ4n) is 1.92. The SMILES string of the molecule is COC(=O)Cn1nc(C=O)n2c(cc3scnc32)c1=O. The first-order valence-corrected chi connectivity index (χ1v) is 6.41. The number of thiazole rings is 1. The maximum Gasteiger partial charge on any atom is 0.327 e. The Morgan fingerprint density at radius 1 is 1.55 bits per heavy atom. The van der Waals surface area contributed by atoms with Gasteiger partial charge >= 0.3 is 5.97 Å². The second-order valence-electron chi connectivity index (χ2n) is 3.92. The second-order valence-corrected chi connectivity index (χ2v) is 4.81. The van der Waals surface area contributed by atoms with Gasteiger partial charge in [-0.1, -0.05) is 0 Å². The van der Waals surface area contributed by atoms with Crippen LogP contribution in [0.2, 0.25) is 0 Å². The Morgan fingerprint density at radius 2 is 2.35 bits per heavy atom. The highest BCUT2D eigenvalue weighted by Crippen LogP contribution is 2.21. The molecule has 3 aromatic rings. The Bertz CT molecular complexity index is 891. The third-order valence-corrected chi connectivity index (χ3v) is 3.58. The molecule has 3 heterocycles. The number of aromatic nitrogens is 4. The zero-order chi connectivity index (χ0) is 14.3. The van der Waals surface area contributed by atoms with Crippen molar-refractivity contribution in [1.29, 1.82) is 0 Å². The van der Waals surface area contributed by atoms with Gasteiger partial charge in [0, 0.05) is 0 Å². The normalized spacial score (nSPS) is 11.1. The molecule has 3 aromatic heterocycles. The van der Waals surface area contributed by atoms with Gasteiger partial charge in [0.05, 0.1) is 17.3 Å². The number of carbonyl (C=O) groups excluding carboxylic acids is 2. The molecule has 0 atom stereocenters. The summed E-state index contributed by atoms with van der Waals surface area (Å²) < 4.78 is 7.56. The summed E-state index contributed by atoms with van der Waals surface area (Å²) in [7, 11) is 1.21. The van der Waals surface area contributed by atoms with Gasteiger partial charge in [-0.25, -0.2) is 9.67 Å². The molecular formula is C11H8N4O4S. The van der Waals surface area contributed by atoms with E-state index in [1.165, 1.54) is 22.8 Å². The summed E-state index contributed by atoms with van der Waals surface area (Å²) in [5.74, 6) is -0.614. The number of carbonyl (C=O) groups is 2. The lowest BCUT2D eigenvalue weighted by Gasteiger charge is -2.06. The van der Waals surface area contributed by atoms with Gasteiger partial charge in [-0.15, -0.1) is 16.4 Å². The molecule has 0 saturated carbocycles. The predicted octanol–water partition coefficient (Wildman–Crippen LogP) is 0.0912. The lowest BCUT2D eigenvalue weighted by atomic mass is 10.5. The molecule has 0 radical (unpaired) electrons. The van der Waals surface area contributed by atoms with Gasteiger partial charge in [-0.3, -0.25) is 18.8 Å². The monoisotopic (exact) mass is 292 g/mol. The molecule has 102 valence electrons. The van der Waals surface area contributed by atoms with E-state index in [-0.39, 0.29) is 17.9 Å². The lowest BCUT2D eigenvalue weighted by molar-refractivity contribution is -0.141. The minimum Gasteiger partial charge on any atom is -0.468 e. The molecule has 0 aliphatic rings. The average molecular weight is 292 g/mol. The van der Waals surface area contributed by atoms with Gasteiger partial charge in [0.15, 0.2) is 17.8 Å². The number of fused-ring (bicyclic) bond motifs is 3. The van der Waals surface area contributed by atoms with Crippen LogP contribution in [0.25, 0.3) is 15.9 Å². The smallest absolute Gasteiger partial charge is 0.327 e. The second kappa shape index (κ2) is 4.53. The number of nitrogens with zero attached hydrogens (tertiary/aromatic N) is 4. The van der Waals surface area contributed by atoms with Crippen molar-refractivity contribution in [3.05, 3.63) is 27.8 Å². The number of aldehydes is 1. The van der Waals surface area contributed by atoms with E-state index in [0.717, 1.165) is 9.38 Å². The zero-order valence-electron chi connectivity index (χ0n) is 10.3. The van der Waals surface area contributed by atoms with E-state index in [4.69, 9.17) is 0 Å². The number of ether oxygens (including phenoxy) is 1. The van der Waals surface area contributed by atoms with Crippen molar-refractivity contribution < 1.29 is 14.3 Å². The standard InChI is InChI=1S/C11H8N4O4S/c1-19-9(17)3-14-11(18)6-2-7-10(12-5-20-7)15(6)8(4-16)13-14/h2,4-5H,3H2,1H3. The molecule has 0 aromatic carbocycles. The van der Waals surface area contributed by atoms with Crippen LogP contribution in [-0.2, 0) is 16.1 Å². The fourth-order valence-corrected chi connectivity index (χ4v) is 2.62. The topological polar surface area (TPSA) is 95.6 Å². The van der Waals surface area contributed by atoms with Crippen molar-refractivity contribution in [2.24, 2.45) is 0 Å². The quantitative estimate of drug-likeness (QED) is 0.501. The van der Waals surface area contributed by atoms with Crippen molar-refractivity contribution >= 4 is 39.5 Å². The Morgan fingerprint density at radius 3 is 3.05 bits per heavy atom. The third kappa shape index (κ3) is 1.71. The van der Waals surface area contributed by atoms with E-state index >= 15 is 0 Å². The zero-order valence-corrected chi connectivity index (χ0v) is 11.1. The van der Waals surface area contributed by atoms with Crippen molar-refractivity contribution in [3.63, 3.8) is 0 Å². The Kier molecular flexibility index (Phi) is 2.83. The Balaban J connectivity index is 2.35. The number of hydrogen-bond acceptors (Lipinski definition) is 7. The van der Waals surface area contributed by atoms with Crippen LogP contribution in [0.4, 0.5) is 0 Å². The van der Waals surface area contributed by atoms with E-state index in [1.807, 2.05) is 0 Å². The molecular weight excluding hydrogens is 284 g/mol. The fraction of sp³-hybridized carbons (Fsp3) is 0.182. The minimum atomic E-state index is -0.618. The van der Waals surface area contributed by atoms with E-state index in [2.05, 4.69) is 14.8 Å². The summed E-state index contributed by atoms with van der Waals surface area (Å²) in [6.45, 7) is -0.348. The van der Waals surface area contributed by atoms with Gasteiger partial charge in [0.2, 0.25) is 0 Å². The van der Waals surface area contributed by atoms with Gasteiger partial charge in [-0.05, 0) is 6.07 Å². The first-order valence-electron chi connectivity index (χ1n) is 5.53. The average Bonchev–Trinajstić information content (AvgIpc) is 3.02. The van der Waals surface area contributed by atoms with E-state index in [9.17, 15) is 14.4 Å². The minimum absolute atomic E-state index is 0.00408. The molecule has 0 fully saturated rings. The van der Waals surface area contributed by atoms with Crippen LogP contribution in [0.3, 0.4) is 0 Å². The van der Waals surface area contributed by atoms with Gasteiger partial charge in [0.1, 0.15) is 12.1 Å². The largest absolute Gasteiger partial charge is 0.468 e. The molecule has 0 saturated heterocycles. The number of hydrogen-bond donors (Lipinski definition) is 0. The van der Waals surface area contributed by atoms with Crippen LogP contribution >= 0.6 is 11.3 Å². The number of methoxy groups -OCH3 is 1. The Labute approximate surface area is 115 Å². The number of esters is 1. The molecule has 0 aliphatic heterocycles. The number of rotatable bonds is 3. The summed E-state index contributed by atoms with van der Waals surface area (Å²) in [5.41, 5.74) is 1.89. The molecule has 0 unspecified atom stereocenters. The first kappa shape index (κ1) is 12.5. The summed E-state index contributed by atoms with van der Waals surface area (Å²) in [4.78, 5) is 38.8. The van der Waals surface area contributed by atoms with Crippen LogP contribution in [0.15, 0.2) is 16.4 Å². The summed E-state index contributed by atoms with van der Waals surface area (Å²) in [5, 5.41) is 3.87. The maximum absolute atomic E-state index is 12.2. The third-order valence-electron chi connectivity index (χ3n) is 2.81. The highest BCUT2D eigenvalue weighted by molar-refractivity contribution is 7.16. The highest BCUT2D eigenvalue weighted by Gasteiger charge is 2.17. The molecule has 0 amide bonds. The molecule has 20 heavy (non-hydrogen) atoms. The van der Waals surface area contributed by atoms with Crippen LogP contribution in [-0.4, -0.2) is 38.5 Å². The van der Waals surface area contributed by atoms with Crippen molar-refractivity contribution in [1.82, 2.24) is 19.2 Å². The van der Waals surface area contributed by atoms with E-state index < -0.39 is 11.5 Å². The Hall–Kier alpha value is -2.55. The van der Waals surface area contributed by atoms with Gasteiger partial charge < -0.3 is 4.74 Å². The van der Waals surface area contributed by atoms with E-state index in [0.29, 0.717) is 11.9 Å². The molecule has 0 bridgehead atoms. The first-order chi connectivity index (χ1) is 9.65. The van der Waals surface area contributed by atoms with Crippen molar-refractivity contribution in [2.45, 2.75) is 6.54 Å². The predicted molar refractivity (Wildman–Crippen MR) is 70.0 cm³/mol. The maximum atomic E-state index is 12.2. The summed E-state index contributed by atoms with van der Waals surface area (Å²) >= 11 is 1.35.